The number of nitro benzene ring substituents is 1. The van der Waals surface area contributed by atoms with E-state index >= 15 is 0 Å². The Morgan fingerprint density at radius 2 is 1.64 bits per heavy atom. The van der Waals surface area contributed by atoms with Gasteiger partial charge in [0.25, 0.3) is 5.69 Å². The molecular weight excluding hydrogens is 501 g/mol. The molecule has 1 atom stereocenters. The molecule has 2 aromatic carbocycles. The Morgan fingerprint density at radius 3 is 2.21 bits per heavy atom. The molecule has 0 saturated carbocycles. The van der Waals surface area contributed by atoms with Gasteiger partial charge in [0, 0.05) is 12.1 Å². The summed E-state index contributed by atoms with van der Waals surface area (Å²) >= 11 is -0.0300. The fourth-order valence-corrected chi connectivity index (χ4v) is 7.51. The van der Waals surface area contributed by atoms with Crippen LogP contribution in [0.4, 0.5) is 27.1 Å². The van der Waals surface area contributed by atoms with Crippen LogP contribution in [0.3, 0.4) is 0 Å². The van der Waals surface area contributed by atoms with E-state index in [2.05, 4.69) is 51.7 Å². The summed E-state index contributed by atoms with van der Waals surface area (Å²) in [6, 6.07) is 19.5. The van der Waals surface area contributed by atoms with E-state index < -0.39 is 19.6 Å². The molecule has 9 nitrogen and oxygen atoms in total. The number of nitriles is 2. The van der Waals surface area contributed by atoms with Crippen LogP contribution < -0.4 is 4.35 Å². The van der Waals surface area contributed by atoms with Crippen molar-refractivity contribution in [2.24, 2.45) is 20.5 Å². The molecule has 0 aliphatic heterocycles. The van der Waals surface area contributed by atoms with Gasteiger partial charge in [-0.1, -0.05) is 0 Å². The van der Waals surface area contributed by atoms with Gasteiger partial charge in [-0.15, -0.1) is 0 Å². The van der Waals surface area contributed by atoms with Gasteiger partial charge in [-0.25, -0.2) is 0 Å². The molecule has 0 saturated heterocycles. The molecule has 1 aromatic heterocycles. The first kappa shape index (κ1) is 23.9. The van der Waals surface area contributed by atoms with Crippen molar-refractivity contribution in [3.05, 3.63) is 70.3 Å². The van der Waals surface area contributed by atoms with E-state index in [1.807, 2.05) is 12.1 Å². The normalized spacial score (nSPS) is 12.0. The van der Waals surface area contributed by atoms with Crippen molar-refractivity contribution in [1.82, 2.24) is 0 Å². The molecule has 3 aromatic rings. The SMILES string of the molecule is CC[As](CCC#N)c1ccc(N=Nc2sc(N=Nc3ccc([N+](=O)[O-])cc3)cc2C#N)cc1. The molecule has 0 bridgehead atoms. The molecule has 1 unspecified atom stereocenters. The second kappa shape index (κ2) is 11.8. The third-order valence-corrected chi connectivity index (χ3v) is 10.8. The zero-order chi connectivity index (χ0) is 23.6. The first-order valence-corrected chi connectivity index (χ1v) is 14.3. The van der Waals surface area contributed by atoms with E-state index in [1.165, 1.54) is 40.0 Å². The summed E-state index contributed by atoms with van der Waals surface area (Å²) in [6.07, 6.45) is 0.592. The van der Waals surface area contributed by atoms with Crippen LogP contribution in [0.15, 0.2) is 75.1 Å². The fourth-order valence-electron chi connectivity index (χ4n) is 2.81. The van der Waals surface area contributed by atoms with Crippen LogP contribution in [-0.4, -0.2) is 19.6 Å². The van der Waals surface area contributed by atoms with Crippen molar-refractivity contribution in [3.63, 3.8) is 0 Å². The van der Waals surface area contributed by atoms with Gasteiger partial charge in [0.2, 0.25) is 0 Å². The number of nitro groups is 1. The monoisotopic (exact) mass is 519 g/mol. The zero-order valence-electron chi connectivity index (χ0n) is 17.6. The van der Waals surface area contributed by atoms with Crippen molar-refractivity contribution < 1.29 is 4.92 Å². The van der Waals surface area contributed by atoms with Crippen molar-refractivity contribution in [3.8, 4) is 12.1 Å². The molecule has 33 heavy (non-hydrogen) atoms. The van der Waals surface area contributed by atoms with Gasteiger partial charge in [-0.2, -0.15) is 0 Å². The van der Waals surface area contributed by atoms with Gasteiger partial charge in [0.1, 0.15) is 0 Å². The van der Waals surface area contributed by atoms with Crippen molar-refractivity contribution in [2.45, 2.75) is 23.8 Å². The molecule has 0 N–H and O–H groups in total. The summed E-state index contributed by atoms with van der Waals surface area (Å²) in [5, 5.41) is 48.5. The maximum absolute atomic E-state index is 10.7. The molecule has 0 aliphatic carbocycles. The average Bonchev–Trinajstić information content (AvgIpc) is 3.25. The molecule has 11 heteroatoms. The fraction of sp³-hybridized carbons (Fsp3) is 0.182. The number of thiophene rings is 1. The summed E-state index contributed by atoms with van der Waals surface area (Å²) in [5.74, 6) is 0. The second-order valence-corrected chi connectivity index (χ2v) is 13.2. The average molecular weight is 519 g/mol. The molecule has 0 aliphatic rings. The molecule has 0 fully saturated rings. The van der Waals surface area contributed by atoms with Crippen LogP contribution in [0.1, 0.15) is 18.9 Å². The summed E-state index contributed by atoms with van der Waals surface area (Å²) in [4.78, 5) is 10.2. The number of azo groups is 2. The van der Waals surface area contributed by atoms with Gasteiger partial charge in [-0.3, -0.25) is 10.1 Å². The predicted octanol–water partition coefficient (Wildman–Crippen LogP) is 6.99. The standard InChI is InChI=1S/C22H18AsN7O2S/c1-2-23(12-3-13-24)17-4-6-18(7-5-17)27-29-22-16(15-25)14-21(33-22)28-26-19-8-10-20(11-9-19)30(31)32/h4-11,14H,2-3,12H2,1H3. The number of hydrogen-bond donors (Lipinski definition) is 0. The number of benzene rings is 2. The molecule has 3 rings (SSSR count). The predicted molar refractivity (Wildman–Crippen MR) is 128 cm³/mol. The first-order valence-electron chi connectivity index (χ1n) is 9.88. The zero-order valence-corrected chi connectivity index (χ0v) is 20.3. The van der Waals surface area contributed by atoms with Crippen molar-refractivity contribution in [1.29, 1.82) is 10.5 Å². The van der Waals surface area contributed by atoms with Gasteiger partial charge >= 0.3 is 154 Å². The third kappa shape index (κ3) is 6.63. The van der Waals surface area contributed by atoms with Crippen LogP contribution in [-0.2, 0) is 0 Å². The number of rotatable bonds is 9. The third-order valence-electron chi connectivity index (χ3n) is 4.49. The summed E-state index contributed by atoms with van der Waals surface area (Å²) in [5.41, 5.74) is 1.45. The Kier molecular flexibility index (Phi) is 8.54. The van der Waals surface area contributed by atoms with Gasteiger partial charge < -0.3 is 0 Å². The molecule has 0 amide bonds. The molecule has 1 heterocycles. The Balaban J connectivity index is 1.72. The Hall–Kier alpha value is -3.72. The topological polar surface area (TPSA) is 140 Å². The van der Waals surface area contributed by atoms with Crippen LogP contribution in [0.5, 0.6) is 0 Å². The van der Waals surface area contributed by atoms with Gasteiger partial charge in [0.15, 0.2) is 0 Å². The van der Waals surface area contributed by atoms with Gasteiger partial charge in [-0.05, 0) is 12.1 Å². The molecular formula is C22H18AsN7O2S. The Morgan fingerprint density at radius 1 is 1.00 bits per heavy atom. The molecule has 164 valence electrons. The quantitative estimate of drug-likeness (QED) is 0.130. The van der Waals surface area contributed by atoms with Crippen LogP contribution in [0.2, 0.25) is 10.4 Å². The minimum atomic E-state index is -1.21. The summed E-state index contributed by atoms with van der Waals surface area (Å²) in [6.45, 7) is 2.17. The van der Waals surface area contributed by atoms with Crippen molar-refractivity contribution in [2.75, 3.05) is 0 Å². The van der Waals surface area contributed by atoms with E-state index in [0.29, 0.717) is 33.4 Å². The van der Waals surface area contributed by atoms with E-state index in [9.17, 15) is 15.4 Å². The number of non-ortho nitro benzene ring substituents is 1. The Bertz CT molecular complexity index is 1260. The second-order valence-electron chi connectivity index (χ2n) is 6.59. The summed E-state index contributed by atoms with van der Waals surface area (Å²) < 4.78 is 1.31. The van der Waals surface area contributed by atoms with E-state index in [-0.39, 0.29) is 5.69 Å². The van der Waals surface area contributed by atoms with Crippen molar-refractivity contribution >= 4 is 57.4 Å². The van der Waals surface area contributed by atoms with Gasteiger partial charge in [0.05, 0.1) is 4.92 Å². The van der Waals surface area contributed by atoms with E-state index in [0.717, 1.165) is 10.4 Å². The molecule has 0 radical (unpaired) electrons. The maximum atomic E-state index is 10.7. The minimum absolute atomic E-state index is 0.0255. The van der Waals surface area contributed by atoms with Crippen LogP contribution in [0, 0.1) is 32.8 Å². The van der Waals surface area contributed by atoms with Crippen LogP contribution >= 0.6 is 11.3 Å². The number of nitrogens with zero attached hydrogens (tertiary/aromatic N) is 7. The Labute approximate surface area is 199 Å². The van der Waals surface area contributed by atoms with Crippen LogP contribution in [0.25, 0.3) is 0 Å². The van der Waals surface area contributed by atoms with E-state index in [1.54, 1.807) is 6.07 Å². The molecule has 0 spiro atoms. The van der Waals surface area contributed by atoms with E-state index in [4.69, 9.17) is 5.26 Å². The first-order chi connectivity index (χ1) is 16.0. The number of hydrogen-bond acceptors (Lipinski definition) is 9. The summed E-state index contributed by atoms with van der Waals surface area (Å²) in [7, 11) is 0.